The Morgan fingerprint density at radius 3 is 2.27 bits per heavy atom. The molecule has 1 aromatic carbocycles. The Hall–Kier alpha value is -1.34. The highest BCUT2D eigenvalue weighted by atomic mass is 32.2. The molecule has 2 rings (SSSR count). The predicted molar refractivity (Wildman–Crippen MR) is 56.9 cm³/mol. The summed E-state index contributed by atoms with van der Waals surface area (Å²) in [6, 6.07) is 11.4. The smallest absolute Gasteiger partial charge is 0.152 e. The van der Waals surface area contributed by atoms with Crippen molar-refractivity contribution in [1.82, 2.24) is 0 Å². The quantitative estimate of drug-likeness (QED) is 0.757. The van der Waals surface area contributed by atoms with Gasteiger partial charge in [-0.05, 0) is 5.56 Å². The van der Waals surface area contributed by atoms with Crippen LogP contribution >= 0.6 is 0 Å². The van der Waals surface area contributed by atoms with Gasteiger partial charge in [-0.1, -0.05) is 30.3 Å². The molecular weight excluding hydrogens is 210 g/mol. The van der Waals surface area contributed by atoms with E-state index >= 15 is 0 Å². The van der Waals surface area contributed by atoms with Gasteiger partial charge < -0.3 is 0 Å². The van der Waals surface area contributed by atoms with Gasteiger partial charge >= 0.3 is 0 Å². The third-order valence-corrected chi connectivity index (χ3v) is 4.36. The van der Waals surface area contributed by atoms with Crippen LogP contribution in [0.25, 0.3) is 0 Å². The highest BCUT2D eigenvalue weighted by Crippen LogP contribution is 2.51. The summed E-state index contributed by atoms with van der Waals surface area (Å²) in [5.74, 6) is -0.506. The maximum atomic E-state index is 11.4. The topological polar surface area (TPSA) is 57.9 Å². The molecule has 1 aromatic rings. The highest BCUT2D eigenvalue weighted by molar-refractivity contribution is 7.91. The van der Waals surface area contributed by atoms with Crippen molar-refractivity contribution < 1.29 is 8.42 Å². The molecule has 0 spiro atoms. The molecule has 0 bridgehead atoms. The van der Waals surface area contributed by atoms with Crippen LogP contribution in [0, 0.1) is 17.2 Å². The molecule has 1 aliphatic rings. The molecular formula is C11H11NO2S. The minimum absolute atomic E-state index is 0.133. The first-order valence-electron chi connectivity index (χ1n) is 4.69. The van der Waals surface area contributed by atoms with Crippen LogP contribution in [0.5, 0.6) is 0 Å². The third-order valence-electron chi connectivity index (χ3n) is 2.78. The second-order valence-electron chi connectivity index (χ2n) is 3.89. The first kappa shape index (κ1) is 10.2. The summed E-state index contributed by atoms with van der Waals surface area (Å²) < 4.78 is 22.8. The summed E-state index contributed by atoms with van der Waals surface area (Å²) in [6.07, 6.45) is 1.20. The molecule has 0 heterocycles. The molecule has 0 radical (unpaired) electrons. The van der Waals surface area contributed by atoms with E-state index in [0.29, 0.717) is 0 Å². The van der Waals surface area contributed by atoms with Crippen LogP contribution < -0.4 is 0 Å². The Bertz CT molecular complexity index is 501. The van der Waals surface area contributed by atoms with E-state index in [0.717, 1.165) is 5.56 Å². The van der Waals surface area contributed by atoms with Crippen molar-refractivity contribution in [2.75, 3.05) is 6.26 Å². The fraction of sp³-hybridized carbons (Fsp3) is 0.364. The van der Waals surface area contributed by atoms with Crippen LogP contribution in [0.3, 0.4) is 0 Å². The second-order valence-corrected chi connectivity index (χ2v) is 6.09. The molecule has 0 unspecified atom stereocenters. The summed E-state index contributed by atoms with van der Waals surface area (Å²) in [7, 11) is -3.11. The van der Waals surface area contributed by atoms with Crippen molar-refractivity contribution in [3.05, 3.63) is 35.9 Å². The third kappa shape index (κ3) is 1.75. The van der Waals surface area contributed by atoms with E-state index in [2.05, 4.69) is 6.07 Å². The second kappa shape index (κ2) is 3.35. The first-order chi connectivity index (χ1) is 7.05. The number of hydrogen-bond acceptors (Lipinski definition) is 3. The summed E-state index contributed by atoms with van der Waals surface area (Å²) in [4.78, 5) is 0. The van der Waals surface area contributed by atoms with Crippen molar-refractivity contribution >= 4 is 9.84 Å². The summed E-state index contributed by atoms with van der Waals surface area (Å²) in [5, 5.41) is 8.35. The van der Waals surface area contributed by atoms with Gasteiger partial charge in [0.25, 0.3) is 0 Å². The number of sulfone groups is 1. The summed E-state index contributed by atoms with van der Waals surface area (Å²) in [6.45, 7) is 0. The Labute approximate surface area is 89.3 Å². The van der Waals surface area contributed by atoms with Crippen molar-refractivity contribution in [1.29, 1.82) is 5.26 Å². The molecule has 1 aliphatic carbocycles. The average Bonchev–Trinajstić information content (AvgIpc) is 2.92. The molecule has 1 fully saturated rings. The summed E-state index contributed by atoms with van der Waals surface area (Å²) >= 11 is 0. The van der Waals surface area contributed by atoms with Crippen LogP contribution in [0.4, 0.5) is 0 Å². The largest absolute Gasteiger partial charge is 0.229 e. The van der Waals surface area contributed by atoms with Crippen molar-refractivity contribution in [3.8, 4) is 6.07 Å². The lowest BCUT2D eigenvalue weighted by molar-refractivity contribution is 0.599. The van der Waals surface area contributed by atoms with E-state index in [-0.39, 0.29) is 11.8 Å². The molecule has 0 N–H and O–H groups in total. The number of rotatable bonds is 2. The van der Waals surface area contributed by atoms with Crippen LogP contribution in [-0.2, 0) is 9.84 Å². The van der Waals surface area contributed by atoms with E-state index in [4.69, 9.17) is 5.26 Å². The molecule has 0 aliphatic heterocycles. The predicted octanol–water partition coefficient (Wildman–Crippen LogP) is 1.34. The van der Waals surface area contributed by atoms with E-state index in [1.807, 2.05) is 30.3 Å². The van der Waals surface area contributed by atoms with Crippen molar-refractivity contribution in [2.45, 2.75) is 11.2 Å². The summed E-state index contributed by atoms with van der Waals surface area (Å²) in [5.41, 5.74) is 0.944. The Kier molecular flexibility index (Phi) is 2.28. The molecule has 3 atom stereocenters. The molecule has 78 valence electrons. The SMILES string of the molecule is CS(=O)(=O)[C@@H]1[C@@H](C#N)[C@@H]1c1ccccc1. The van der Waals surface area contributed by atoms with E-state index < -0.39 is 15.1 Å². The number of nitriles is 1. The number of nitrogens with zero attached hydrogens (tertiary/aromatic N) is 1. The van der Waals surface area contributed by atoms with E-state index in [1.54, 1.807) is 0 Å². The van der Waals surface area contributed by atoms with Gasteiger partial charge in [0.2, 0.25) is 0 Å². The van der Waals surface area contributed by atoms with Gasteiger partial charge in [0.05, 0.1) is 17.2 Å². The molecule has 4 heteroatoms. The monoisotopic (exact) mass is 221 g/mol. The normalized spacial score (nSPS) is 29.5. The van der Waals surface area contributed by atoms with Gasteiger partial charge in [-0.3, -0.25) is 0 Å². The first-order valence-corrected chi connectivity index (χ1v) is 6.64. The fourth-order valence-corrected chi connectivity index (χ4v) is 3.57. The van der Waals surface area contributed by atoms with E-state index in [1.165, 1.54) is 6.26 Å². The Morgan fingerprint density at radius 1 is 1.27 bits per heavy atom. The van der Waals surface area contributed by atoms with Crippen molar-refractivity contribution in [3.63, 3.8) is 0 Å². The lowest BCUT2D eigenvalue weighted by Gasteiger charge is -1.97. The van der Waals surface area contributed by atoms with Gasteiger partial charge in [0.15, 0.2) is 9.84 Å². The van der Waals surface area contributed by atoms with Gasteiger partial charge in [-0.25, -0.2) is 8.42 Å². The highest BCUT2D eigenvalue weighted by Gasteiger charge is 2.57. The zero-order chi connectivity index (χ0) is 11.1. The maximum Gasteiger partial charge on any atom is 0.152 e. The Morgan fingerprint density at radius 2 is 1.87 bits per heavy atom. The minimum Gasteiger partial charge on any atom is -0.229 e. The molecule has 0 aromatic heterocycles. The fourth-order valence-electron chi connectivity index (χ4n) is 2.04. The van der Waals surface area contributed by atoms with Crippen LogP contribution in [-0.4, -0.2) is 19.9 Å². The zero-order valence-electron chi connectivity index (χ0n) is 8.29. The van der Waals surface area contributed by atoms with Crippen LogP contribution in [0.15, 0.2) is 30.3 Å². The molecule has 3 nitrogen and oxygen atoms in total. The van der Waals surface area contributed by atoms with Gasteiger partial charge in [0, 0.05) is 12.2 Å². The van der Waals surface area contributed by atoms with Crippen molar-refractivity contribution in [2.24, 2.45) is 5.92 Å². The molecule has 15 heavy (non-hydrogen) atoms. The lowest BCUT2D eigenvalue weighted by atomic mass is 10.1. The number of hydrogen-bond donors (Lipinski definition) is 0. The minimum atomic E-state index is -3.11. The van der Waals surface area contributed by atoms with E-state index in [9.17, 15) is 8.42 Å². The Balaban J connectivity index is 2.32. The number of benzene rings is 1. The average molecular weight is 221 g/mol. The lowest BCUT2D eigenvalue weighted by Crippen LogP contribution is -2.06. The molecule has 0 amide bonds. The molecule has 1 saturated carbocycles. The standard InChI is InChI=1S/C11H11NO2S/c1-15(13,14)11-9(7-12)10(11)8-5-3-2-4-6-8/h2-6,9-11H,1H3/t9-,10-,11+/m0/s1. The van der Waals surface area contributed by atoms with Crippen LogP contribution in [0.2, 0.25) is 0 Å². The van der Waals surface area contributed by atoms with Gasteiger partial charge in [0.1, 0.15) is 0 Å². The van der Waals surface area contributed by atoms with Gasteiger partial charge in [-0.15, -0.1) is 0 Å². The molecule has 0 saturated heterocycles. The zero-order valence-corrected chi connectivity index (χ0v) is 9.11. The maximum absolute atomic E-state index is 11.4. The van der Waals surface area contributed by atoms with Gasteiger partial charge in [-0.2, -0.15) is 5.26 Å². The van der Waals surface area contributed by atoms with Crippen LogP contribution in [0.1, 0.15) is 11.5 Å².